The summed E-state index contributed by atoms with van der Waals surface area (Å²) in [5.74, 6) is -2.70. The largest absolute Gasteiger partial charge is 0.494 e. The molecule has 28 heavy (non-hydrogen) atoms. The topological polar surface area (TPSA) is 18.5 Å². The van der Waals surface area contributed by atoms with E-state index in [2.05, 4.69) is 6.92 Å². The van der Waals surface area contributed by atoms with Crippen molar-refractivity contribution in [1.29, 1.82) is 0 Å². The van der Waals surface area contributed by atoms with Crippen LogP contribution in [0, 0.1) is 17.5 Å². The van der Waals surface area contributed by atoms with Crippen LogP contribution in [-0.2, 0) is 4.74 Å². The van der Waals surface area contributed by atoms with Gasteiger partial charge in [0, 0.05) is 11.5 Å². The standard InChI is InChI=1S/C23H27F3O2/c1-3-4-5-6-17-9-7-16(14-28-17)18-10-8-15(13-20(18)24)19-11-12-21(27-2)23(26)22(19)25/h8,10-13,16-17H,3-7,9,14H2,1-2H3. The molecule has 5 heteroatoms. The summed E-state index contributed by atoms with van der Waals surface area (Å²) in [5.41, 5.74) is 0.888. The van der Waals surface area contributed by atoms with Crippen LogP contribution in [0.25, 0.3) is 11.1 Å². The molecule has 1 heterocycles. The minimum absolute atomic E-state index is 0.00562. The molecule has 0 amide bonds. The minimum atomic E-state index is -1.07. The van der Waals surface area contributed by atoms with Gasteiger partial charge in [0.1, 0.15) is 5.82 Å². The fraction of sp³-hybridized carbons (Fsp3) is 0.478. The molecule has 0 aromatic heterocycles. The van der Waals surface area contributed by atoms with Crippen LogP contribution >= 0.6 is 0 Å². The monoisotopic (exact) mass is 392 g/mol. The first-order chi connectivity index (χ1) is 13.5. The third-order valence-corrected chi connectivity index (χ3v) is 5.52. The van der Waals surface area contributed by atoms with Crippen LogP contribution in [0.5, 0.6) is 5.75 Å². The zero-order valence-corrected chi connectivity index (χ0v) is 16.4. The minimum Gasteiger partial charge on any atom is -0.494 e. The van der Waals surface area contributed by atoms with Gasteiger partial charge in [0.05, 0.1) is 19.8 Å². The van der Waals surface area contributed by atoms with Gasteiger partial charge < -0.3 is 9.47 Å². The summed E-state index contributed by atoms with van der Waals surface area (Å²) in [6, 6.07) is 7.31. The van der Waals surface area contributed by atoms with Crippen LogP contribution in [0.2, 0.25) is 0 Å². The third kappa shape index (κ3) is 4.52. The molecule has 0 radical (unpaired) electrons. The fourth-order valence-electron chi connectivity index (χ4n) is 3.84. The molecule has 2 nitrogen and oxygen atoms in total. The molecular weight excluding hydrogens is 365 g/mol. The van der Waals surface area contributed by atoms with Gasteiger partial charge in [-0.1, -0.05) is 38.3 Å². The van der Waals surface area contributed by atoms with E-state index in [-0.39, 0.29) is 23.3 Å². The van der Waals surface area contributed by atoms with Gasteiger partial charge in [-0.15, -0.1) is 0 Å². The van der Waals surface area contributed by atoms with Gasteiger partial charge in [0.15, 0.2) is 11.6 Å². The number of unbranched alkanes of at least 4 members (excludes halogenated alkanes) is 2. The Balaban J connectivity index is 1.71. The molecule has 2 atom stereocenters. The van der Waals surface area contributed by atoms with Crippen molar-refractivity contribution in [1.82, 2.24) is 0 Å². The Morgan fingerprint density at radius 2 is 1.86 bits per heavy atom. The Morgan fingerprint density at radius 3 is 2.50 bits per heavy atom. The molecule has 3 rings (SSSR count). The highest BCUT2D eigenvalue weighted by Crippen LogP contribution is 2.35. The fourth-order valence-corrected chi connectivity index (χ4v) is 3.84. The lowest BCUT2D eigenvalue weighted by Gasteiger charge is -2.29. The molecular formula is C23H27F3O2. The second-order valence-electron chi connectivity index (χ2n) is 7.41. The van der Waals surface area contributed by atoms with E-state index in [4.69, 9.17) is 9.47 Å². The van der Waals surface area contributed by atoms with Crippen LogP contribution in [0.3, 0.4) is 0 Å². The Hall–Kier alpha value is -2.01. The second-order valence-corrected chi connectivity index (χ2v) is 7.41. The molecule has 0 aliphatic carbocycles. The highest BCUT2D eigenvalue weighted by Gasteiger charge is 2.25. The average molecular weight is 392 g/mol. The maximum Gasteiger partial charge on any atom is 0.201 e. The molecule has 2 aromatic carbocycles. The number of ether oxygens (including phenoxy) is 2. The quantitative estimate of drug-likeness (QED) is 0.493. The van der Waals surface area contributed by atoms with Gasteiger partial charge in [-0.05, 0) is 48.6 Å². The summed E-state index contributed by atoms with van der Waals surface area (Å²) in [7, 11) is 1.27. The predicted octanol–water partition coefficient (Wildman–Crippen LogP) is 6.62. The van der Waals surface area contributed by atoms with Crippen LogP contribution in [0.15, 0.2) is 30.3 Å². The Kier molecular flexibility index (Phi) is 7.00. The Bertz CT molecular complexity index is 799. The highest BCUT2D eigenvalue weighted by atomic mass is 19.2. The number of hydrogen-bond donors (Lipinski definition) is 0. The first-order valence-corrected chi connectivity index (χ1v) is 9.98. The Morgan fingerprint density at radius 1 is 1.04 bits per heavy atom. The van der Waals surface area contributed by atoms with Crippen molar-refractivity contribution >= 4 is 0 Å². The van der Waals surface area contributed by atoms with Crippen LogP contribution in [-0.4, -0.2) is 19.8 Å². The summed E-state index contributed by atoms with van der Waals surface area (Å²) in [5, 5.41) is 0. The van der Waals surface area contributed by atoms with Crippen molar-refractivity contribution in [2.45, 2.75) is 57.5 Å². The summed E-state index contributed by atoms with van der Waals surface area (Å²) in [6.45, 7) is 2.68. The normalized spacial score (nSPS) is 19.6. The van der Waals surface area contributed by atoms with Crippen molar-refractivity contribution < 1.29 is 22.6 Å². The van der Waals surface area contributed by atoms with Gasteiger partial charge in [-0.3, -0.25) is 0 Å². The van der Waals surface area contributed by atoms with E-state index in [1.165, 1.54) is 44.6 Å². The van der Waals surface area contributed by atoms with Crippen LogP contribution in [0.1, 0.15) is 56.9 Å². The smallest absolute Gasteiger partial charge is 0.201 e. The first kappa shape index (κ1) is 20.7. The lowest BCUT2D eigenvalue weighted by atomic mass is 9.88. The number of methoxy groups -OCH3 is 1. The van der Waals surface area contributed by atoms with Crippen LogP contribution in [0.4, 0.5) is 13.2 Å². The summed E-state index contributed by atoms with van der Waals surface area (Å²) < 4.78 is 53.7. The summed E-state index contributed by atoms with van der Waals surface area (Å²) in [4.78, 5) is 0. The highest BCUT2D eigenvalue weighted by molar-refractivity contribution is 5.66. The van der Waals surface area contributed by atoms with Gasteiger partial charge in [0.25, 0.3) is 0 Å². The van der Waals surface area contributed by atoms with E-state index < -0.39 is 17.5 Å². The third-order valence-electron chi connectivity index (χ3n) is 5.52. The van der Waals surface area contributed by atoms with E-state index in [9.17, 15) is 13.2 Å². The van der Waals surface area contributed by atoms with Gasteiger partial charge in [-0.2, -0.15) is 4.39 Å². The summed E-state index contributed by atoms with van der Waals surface area (Å²) in [6.07, 6.45) is 6.69. The van der Waals surface area contributed by atoms with Crippen molar-refractivity contribution in [3.05, 3.63) is 53.3 Å². The van der Waals surface area contributed by atoms with E-state index in [0.29, 0.717) is 17.7 Å². The van der Waals surface area contributed by atoms with E-state index in [0.717, 1.165) is 19.3 Å². The van der Waals surface area contributed by atoms with E-state index in [1.54, 1.807) is 12.1 Å². The molecule has 0 N–H and O–H groups in total. The zero-order chi connectivity index (χ0) is 20.1. The maximum absolute atomic E-state index is 14.7. The predicted molar refractivity (Wildman–Crippen MR) is 104 cm³/mol. The van der Waals surface area contributed by atoms with Gasteiger partial charge in [0.2, 0.25) is 5.82 Å². The van der Waals surface area contributed by atoms with Crippen molar-refractivity contribution in [3.63, 3.8) is 0 Å². The SMILES string of the molecule is CCCCCC1CCC(c2ccc(-c3ccc(OC)c(F)c3F)cc2F)CO1. The van der Waals surface area contributed by atoms with Crippen LogP contribution < -0.4 is 4.74 Å². The first-order valence-electron chi connectivity index (χ1n) is 9.98. The average Bonchev–Trinajstić information content (AvgIpc) is 2.71. The Labute approximate surface area is 164 Å². The van der Waals surface area contributed by atoms with Crippen molar-refractivity contribution in [2.75, 3.05) is 13.7 Å². The molecule has 1 fully saturated rings. The van der Waals surface area contributed by atoms with Crippen molar-refractivity contribution in [2.24, 2.45) is 0 Å². The molecule has 0 bridgehead atoms. The number of halogens is 3. The number of hydrogen-bond acceptors (Lipinski definition) is 2. The van der Waals surface area contributed by atoms with Gasteiger partial charge >= 0.3 is 0 Å². The molecule has 152 valence electrons. The van der Waals surface area contributed by atoms with Crippen molar-refractivity contribution in [3.8, 4) is 16.9 Å². The zero-order valence-electron chi connectivity index (χ0n) is 16.4. The second kappa shape index (κ2) is 9.46. The number of benzene rings is 2. The molecule has 0 spiro atoms. The lowest BCUT2D eigenvalue weighted by Crippen LogP contribution is -2.25. The summed E-state index contributed by atoms with van der Waals surface area (Å²) >= 11 is 0. The lowest BCUT2D eigenvalue weighted by molar-refractivity contribution is -0.00267. The molecule has 1 aliphatic rings. The molecule has 1 saturated heterocycles. The molecule has 2 unspecified atom stereocenters. The van der Waals surface area contributed by atoms with E-state index >= 15 is 0 Å². The molecule has 2 aromatic rings. The molecule has 1 aliphatic heterocycles. The molecule has 0 saturated carbocycles. The van der Waals surface area contributed by atoms with E-state index in [1.807, 2.05) is 0 Å². The van der Waals surface area contributed by atoms with Gasteiger partial charge in [-0.25, -0.2) is 8.78 Å². The maximum atomic E-state index is 14.7. The number of rotatable bonds is 7.